The van der Waals surface area contributed by atoms with E-state index < -0.39 is 5.97 Å². The summed E-state index contributed by atoms with van der Waals surface area (Å²) in [6.07, 6.45) is 4.13. The second-order valence-corrected chi connectivity index (χ2v) is 6.36. The van der Waals surface area contributed by atoms with E-state index in [0.717, 1.165) is 21.4 Å². The largest absolute Gasteiger partial charge is 0.481 e. The van der Waals surface area contributed by atoms with Crippen LogP contribution < -0.4 is 4.90 Å². The van der Waals surface area contributed by atoms with E-state index in [2.05, 4.69) is 15.0 Å². The molecule has 0 radical (unpaired) electrons. The van der Waals surface area contributed by atoms with E-state index in [1.807, 2.05) is 11.2 Å². The van der Waals surface area contributed by atoms with Crippen molar-refractivity contribution in [2.24, 2.45) is 5.92 Å². The van der Waals surface area contributed by atoms with Crippen molar-refractivity contribution in [2.45, 2.75) is 10.8 Å². The first-order chi connectivity index (χ1) is 9.19. The van der Waals surface area contributed by atoms with E-state index in [4.69, 9.17) is 5.11 Å². The van der Waals surface area contributed by atoms with Crippen molar-refractivity contribution in [3.05, 3.63) is 6.33 Å². The van der Waals surface area contributed by atoms with Crippen LogP contribution in [0, 0.1) is 5.92 Å². The quantitative estimate of drug-likeness (QED) is 0.864. The van der Waals surface area contributed by atoms with Crippen LogP contribution in [0.1, 0.15) is 6.42 Å². The molecule has 1 N–H and O–H groups in total. The van der Waals surface area contributed by atoms with E-state index >= 15 is 0 Å². The molecule has 1 saturated heterocycles. The number of hydrogen-bond acceptors (Lipinski definition) is 7. The Morgan fingerprint density at radius 3 is 3.11 bits per heavy atom. The molecule has 1 atom stereocenters. The van der Waals surface area contributed by atoms with Gasteiger partial charge in [0.25, 0.3) is 0 Å². The zero-order valence-electron chi connectivity index (χ0n) is 10.2. The third kappa shape index (κ3) is 2.25. The standard InChI is InChI=1S/C11H12N4O2S2/c1-18-11-14-8-7(19-11)9(13-5-12-8)15-3-2-6(4-15)10(16)17/h5-6H,2-4H2,1H3,(H,16,17). The van der Waals surface area contributed by atoms with E-state index in [1.54, 1.807) is 23.1 Å². The molecule has 0 saturated carbocycles. The Labute approximate surface area is 117 Å². The first-order valence-electron chi connectivity index (χ1n) is 5.82. The van der Waals surface area contributed by atoms with Crippen LogP contribution in [-0.2, 0) is 4.79 Å². The van der Waals surface area contributed by atoms with Crippen LogP contribution in [0.2, 0.25) is 0 Å². The Balaban J connectivity index is 1.97. The van der Waals surface area contributed by atoms with E-state index in [0.29, 0.717) is 18.6 Å². The Bertz CT molecular complexity index is 630. The Morgan fingerprint density at radius 2 is 2.42 bits per heavy atom. The molecule has 3 heterocycles. The topological polar surface area (TPSA) is 79.2 Å². The van der Waals surface area contributed by atoms with Crippen LogP contribution in [0.5, 0.6) is 0 Å². The van der Waals surface area contributed by atoms with Crippen molar-refractivity contribution in [1.29, 1.82) is 0 Å². The minimum atomic E-state index is -0.734. The van der Waals surface area contributed by atoms with Gasteiger partial charge in [0.1, 0.15) is 11.0 Å². The number of carboxylic acids is 1. The van der Waals surface area contributed by atoms with E-state index in [1.165, 1.54) is 6.33 Å². The number of aromatic nitrogens is 3. The monoisotopic (exact) mass is 296 g/mol. The van der Waals surface area contributed by atoms with Gasteiger partial charge in [-0.3, -0.25) is 4.79 Å². The molecule has 19 heavy (non-hydrogen) atoms. The second-order valence-electron chi connectivity index (χ2n) is 4.30. The van der Waals surface area contributed by atoms with E-state index in [-0.39, 0.29) is 5.92 Å². The molecule has 0 aliphatic carbocycles. The van der Waals surface area contributed by atoms with Gasteiger partial charge < -0.3 is 10.0 Å². The normalized spacial score (nSPS) is 19.2. The molecule has 1 aliphatic rings. The SMILES string of the molecule is CSc1nc2ncnc(N3CCC(C(=O)O)C3)c2s1. The van der Waals surface area contributed by atoms with Gasteiger partial charge in [-0.1, -0.05) is 11.8 Å². The molecule has 0 amide bonds. The number of carbonyl (C=O) groups is 1. The van der Waals surface area contributed by atoms with Gasteiger partial charge in [-0.2, -0.15) is 0 Å². The average molecular weight is 296 g/mol. The van der Waals surface area contributed by atoms with Gasteiger partial charge in [-0.05, 0) is 12.7 Å². The number of rotatable bonds is 3. The summed E-state index contributed by atoms with van der Waals surface area (Å²) in [5.41, 5.74) is 0.693. The van der Waals surface area contributed by atoms with Gasteiger partial charge in [0, 0.05) is 13.1 Å². The highest BCUT2D eigenvalue weighted by molar-refractivity contribution is 8.00. The van der Waals surface area contributed by atoms with Crippen molar-refractivity contribution in [3.8, 4) is 0 Å². The lowest BCUT2D eigenvalue weighted by atomic mass is 10.1. The summed E-state index contributed by atoms with van der Waals surface area (Å²) >= 11 is 3.14. The summed E-state index contributed by atoms with van der Waals surface area (Å²) in [6, 6.07) is 0. The van der Waals surface area contributed by atoms with Crippen LogP contribution in [0.15, 0.2) is 10.7 Å². The lowest BCUT2D eigenvalue weighted by molar-refractivity contribution is -0.140. The predicted molar refractivity (Wildman–Crippen MR) is 74.9 cm³/mol. The summed E-state index contributed by atoms with van der Waals surface area (Å²) in [5, 5.41) is 9.06. The Hall–Kier alpha value is -1.41. The molecule has 1 unspecified atom stereocenters. The molecule has 2 aromatic heterocycles. The lowest BCUT2D eigenvalue weighted by Crippen LogP contribution is -2.23. The molecule has 6 nitrogen and oxygen atoms in total. The summed E-state index contributed by atoms with van der Waals surface area (Å²) < 4.78 is 1.89. The molecule has 1 aliphatic heterocycles. The van der Waals surface area contributed by atoms with Crippen molar-refractivity contribution in [1.82, 2.24) is 15.0 Å². The maximum atomic E-state index is 11.0. The lowest BCUT2D eigenvalue weighted by Gasteiger charge is -2.16. The van der Waals surface area contributed by atoms with Crippen LogP contribution in [0.4, 0.5) is 5.82 Å². The minimum absolute atomic E-state index is 0.307. The highest BCUT2D eigenvalue weighted by Gasteiger charge is 2.30. The maximum Gasteiger partial charge on any atom is 0.308 e. The fourth-order valence-electron chi connectivity index (χ4n) is 2.19. The number of nitrogens with zero attached hydrogens (tertiary/aromatic N) is 4. The molecule has 0 bridgehead atoms. The van der Waals surface area contributed by atoms with Crippen molar-refractivity contribution in [2.75, 3.05) is 24.2 Å². The number of aliphatic carboxylic acids is 1. The molecule has 0 aromatic carbocycles. The molecular weight excluding hydrogens is 284 g/mol. The Morgan fingerprint density at radius 1 is 1.58 bits per heavy atom. The minimum Gasteiger partial charge on any atom is -0.481 e. The van der Waals surface area contributed by atoms with Gasteiger partial charge in [-0.15, -0.1) is 11.3 Å². The first-order valence-corrected chi connectivity index (χ1v) is 7.86. The molecule has 1 fully saturated rings. The summed E-state index contributed by atoms with van der Waals surface area (Å²) in [7, 11) is 0. The fourth-order valence-corrected chi connectivity index (χ4v) is 3.72. The van der Waals surface area contributed by atoms with Crippen LogP contribution in [0.3, 0.4) is 0 Å². The average Bonchev–Trinajstić information content (AvgIpc) is 3.04. The number of fused-ring (bicyclic) bond motifs is 1. The maximum absolute atomic E-state index is 11.0. The number of thioether (sulfide) groups is 1. The van der Waals surface area contributed by atoms with Gasteiger partial charge in [0.15, 0.2) is 15.8 Å². The number of carboxylic acid groups (broad SMARTS) is 1. The zero-order chi connectivity index (χ0) is 13.4. The van der Waals surface area contributed by atoms with Crippen molar-refractivity contribution in [3.63, 3.8) is 0 Å². The summed E-state index contributed by atoms with van der Waals surface area (Å²) in [6.45, 7) is 1.23. The summed E-state index contributed by atoms with van der Waals surface area (Å²) in [4.78, 5) is 25.9. The van der Waals surface area contributed by atoms with Gasteiger partial charge >= 0.3 is 5.97 Å². The molecular formula is C11H12N4O2S2. The van der Waals surface area contributed by atoms with Crippen molar-refractivity contribution < 1.29 is 9.90 Å². The fraction of sp³-hybridized carbons (Fsp3) is 0.455. The third-order valence-electron chi connectivity index (χ3n) is 3.16. The zero-order valence-corrected chi connectivity index (χ0v) is 11.9. The number of hydrogen-bond donors (Lipinski definition) is 1. The highest BCUT2D eigenvalue weighted by Crippen LogP contribution is 2.34. The highest BCUT2D eigenvalue weighted by atomic mass is 32.2. The van der Waals surface area contributed by atoms with Crippen LogP contribution in [-0.4, -0.2) is 45.4 Å². The molecule has 2 aromatic rings. The molecule has 0 spiro atoms. The van der Waals surface area contributed by atoms with Crippen molar-refractivity contribution >= 4 is 45.2 Å². The Kier molecular flexibility index (Phi) is 3.28. The van der Waals surface area contributed by atoms with Crippen LogP contribution in [0.25, 0.3) is 10.3 Å². The third-order valence-corrected chi connectivity index (χ3v) is 5.19. The number of anilines is 1. The number of thiazole rings is 1. The summed E-state index contributed by atoms with van der Waals surface area (Å²) in [5.74, 6) is -0.230. The molecule has 100 valence electrons. The van der Waals surface area contributed by atoms with Gasteiger partial charge in [0.05, 0.1) is 5.92 Å². The van der Waals surface area contributed by atoms with Crippen LogP contribution >= 0.6 is 23.1 Å². The smallest absolute Gasteiger partial charge is 0.308 e. The first kappa shape index (κ1) is 12.6. The second kappa shape index (κ2) is 4.93. The van der Waals surface area contributed by atoms with E-state index in [9.17, 15) is 4.79 Å². The van der Waals surface area contributed by atoms with Gasteiger partial charge in [-0.25, -0.2) is 15.0 Å². The van der Waals surface area contributed by atoms with Gasteiger partial charge in [0.2, 0.25) is 0 Å². The molecule has 3 rings (SSSR count). The predicted octanol–water partition coefficient (Wildman–Crippen LogP) is 1.72. The molecule has 8 heteroatoms.